The highest BCUT2D eigenvalue weighted by Gasteiger charge is 1.98. The highest BCUT2D eigenvalue weighted by Crippen LogP contribution is 2.20. The van der Waals surface area contributed by atoms with Crippen molar-refractivity contribution in [3.8, 4) is 0 Å². The Kier molecular flexibility index (Phi) is 4.80. The van der Waals surface area contributed by atoms with Gasteiger partial charge in [0.1, 0.15) is 0 Å². The Morgan fingerprint density at radius 1 is 1.11 bits per heavy atom. The highest BCUT2D eigenvalue weighted by molar-refractivity contribution is 9.11. The van der Waals surface area contributed by atoms with E-state index in [9.17, 15) is 0 Å². The highest BCUT2D eigenvalue weighted by atomic mass is 79.9. The van der Waals surface area contributed by atoms with Crippen molar-refractivity contribution in [2.24, 2.45) is 0 Å². The lowest BCUT2D eigenvalue weighted by atomic mass is 10.2. The number of benzene rings is 1. The number of nitrogens with one attached hydrogen (secondary N) is 1. The maximum absolute atomic E-state index is 3.48. The lowest BCUT2D eigenvalue weighted by molar-refractivity contribution is 0.695. The smallest absolute Gasteiger partial charge is 0.0701 e. The van der Waals surface area contributed by atoms with Gasteiger partial charge in [-0.3, -0.25) is 0 Å². The molecule has 0 aliphatic carbocycles. The van der Waals surface area contributed by atoms with Gasteiger partial charge in [-0.25, -0.2) is 0 Å². The van der Waals surface area contributed by atoms with Gasteiger partial charge in [0, 0.05) is 32.9 Å². The summed E-state index contributed by atoms with van der Waals surface area (Å²) in [5.41, 5.74) is 3.88. The average molecular weight is 325 g/mol. The van der Waals surface area contributed by atoms with E-state index in [0.29, 0.717) is 0 Å². The fourth-order valence-electron chi connectivity index (χ4n) is 1.70. The number of rotatable bonds is 5. The molecular weight excluding hydrogens is 308 g/mol. The number of halogens is 1. The first-order chi connectivity index (χ1) is 8.65. The summed E-state index contributed by atoms with van der Waals surface area (Å²) in [4.78, 5) is 2.11. The summed E-state index contributed by atoms with van der Waals surface area (Å²) in [5, 5.41) is 5.63. The van der Waals surface area contributed by atoms with E-state index in [4.69, 9.17) is 0 Å². The van der Waals surface area contributed by atoms with Gasteiger partial charge in [-0.2, -0.15) is 0 Å². The van der Waals surface area contributed by atoms with Crippen LogP contribution in [0, 0.1) is 0 Å². The van der Waals surface area contributed by atoms with E-state index in [2.05, 4.69) is 76.0 Å². The van der Waals surface area contributed by atoms with E-state index >= 15 is 0 Å². The van der Waals surface area contributed by atoms with Gasteiger partial charge >= 0.3 is 0 Å². The van der Waals surface area contributed by atoms with Crippen LogP contribution < -0.4 is 10.2 Å². The van der Waals surface area contributed by atoms with Gasteiger partial charge in [0.15, 0.2) is 0 Å². The van der Waals surface area contributed by atoms with Gasteiger partial charge in [-0.05, 0) is 50.6 Å². The quantitative estimate of drug-likeness (QED) is 0.898. The first kappa shape index (κ1) is 13.6. The van der Waals surface area contributed by atoms with Crippen LogP contribution in [0.4, 0.5) is 5.69 Å². The van der Waals surface area contributed by atoms with Crippen molar-refractivity contribution in [2.45, 2.75) is 13.1 Å². The molecule has 1 heterocycles. The third kappa shape index (κ3) is 3.83. The molecule has 2 nitrogen and oxygen atoms in total. The Morgan fingerprint density at radius 2 is 1.78 bits per heavy atom. The molecule has 1 aromatic heterocycles. The third-order valence-corrected chi connectivity index (χ3v) is 4.29. The first-order valence-electron chi connectivity index (χ1n) is 5.85. The van der Waals surface area contributed by atoms with Crippen LogP contribution in [-0.2, 0) is 13.1 Å². The lowest BCUT2D eigenvalue weighted by Crippen LogP contribution is -2.12. The molecule has 2 rings (SSSR count). The van der Waals surface area contributed by atoms with Crippen molar-refractivity contribution in [1.82, 2.24) is 5.32 Å². The number of hydrogen-bond acceptors (Lipinski definition) is 3. The number of nitrogens with zero attached hydrogens (tertiary/aromatic N) is 1. The molecule has 0 fully saturated rings. The zero-order chi connectivity index (χ0) is 13.0. The molecule has 96 valence electrons. The summed E-state index contributed by atoms with van der Waals surface area (Å²) in [7, 11) is 4.11. The molecule has 4 heteroatoms. The van der Waals surface area contributed by atoms with E-state index in [1.165, 1.54) is 20.6 Å². The van der Waals surface area contributed by atoms with Gasteiger partial charge in [0.05, 0.1) is 3.79 Å². The van der Waals surface area contributed by atoms with Crippen LogP contribution in [0.1, 0.15) is 11.1 Å². The molecule has 0 radical (unpaired) electrons. The average Bonchev–Trinajstić information content (AvgIpc) is 2.76. The van der Waals surface area contributed by atoms with Crippen molar-refractivity contribution in [2.75, 3.05) is 19.0 Å². The summed E-state index contributed by atoms with van der Waals surface area (Å²) in [5.74, 6) is 0. The lowest BCUT2D eigenvalue weighted by Gasteiger charge is -2.12. The maximum atomic E-state index is 3.48. The van der Waals surface area contributed by atoms with Gasteiger partial charge in [-0.1, -0.05) is 12.1 Å². The third-order valence-electron chi connectivity index (χ3n) is 2.73. The summed E-state index contributed by atoms with van der Waals surface area (Å²) in [6.07, 6.45) is 0. The van der Waals surface area contributed by atoms with E-state index in [-0.39, 0.29) is 0 Å². The second kappa shape index (κ2) is 6.36. The Bertz CT molecular complexity index is 491. The fourth-order valence-corrected chi connectivity index (χ4v) is 2.91. The Hall–Kier alpha value is -0.840. The Balaban J connectivity index is 1.83. The largest absolute Gasteiger partial charge is 0.378 e. The van der Waals surface area contributed by atoms with Gasteiger partial charge < -0.3 is 10.2 Å². The van der Waals surface area contributed by atoms with Crippen LogP contribution in [0.3, 0.4) is 0 Å². The molecule has 2 aromatic rings. The second-order valence-electron chi connectivity index (χ2n) is 4.42. The predicted molar refractivity (Wildman–Crippen MR) is 83.3 cm³/mol. The summed E-state index contributed by atoms with van der Waals surface area (Å²) in [6, 6.07) is 10.8. The molecule has 1 N–H and O–H groups in total. The zero-order valence-corrected chi connectivity index (χ0v) is 13.0. The van der Waals surface area contributed by atoms with Crippen LogP contribution in [0.2, 0.25) is 0 Å². The summed E-state index contributed by atoms with van der Waals surface area (Å²) < 4.78 is 1.19. The summed E-state index contributed by atoms with van der Waals surface area (Å²) >= 11 is 5.20. The van der Waals surface area contributed by atoms with Gasteiger partial charge in [0.25, 0.3) is 0 Å². The van der Waals surface area contributed by atoms with E-state index in [0.717, 1.165) is 13.1 Å². The van der Waals surface area contributed by atoms with Crippen molar-refractivity contribution in [1.29, 1.82) is 0 Å². The van der Waals surface area contributed by atoms with E-state index in [1.807, 2.05) is 0 Å². The zero-order valence-electron chi connectivity index (χ0n) is 10.6. The van der Waals surface area contributed by atoms with Crippen LogP contribution in [-0.4, -0.2) is 14.1 Å². The van der Waals surface area contributed by atoms with Crippen LogP contribution >= 0.6 is 27.3 Å². The minimum atomic E-state index is 0.904. The normalized spacial score (nSPS) is 10.6. The number of thiophene rings is 1. The van der Waals surface area contributed by atoms with Gasteiger partial charge in [-0.15, -0.1) is 11.3 Å². The molecule has 0 spiro atoms. The molecule has 0 aliphatic rings. The predicted octanol–water partition coefficient (Wildman–Crippen LogP) is 3.87. The molecule has 1 aromatic carbocycles. The van der Waals surface area contributed by atoms with Crippen molar-refractivity contribution >= 4 is 33.0 Å². The molecule has 0 unspecified atom stereocenters. The molecule has 0 saturated heterocycles. The SMILES string of the molecule is CN(C)c1ccc(CNCc2csc(Br)c2)cc1. The van der Waals surface area contributed by atoms with Crippen LogP contribution in [0.5, 0.6) is 0 Å². The monoisotopic (exact) mass is 324 g/mol. The standard InChI is InChI=1S/C14H17BrN2S/c1-17(2)13-5-3-11(4-6-13)8-16-9-12-7-14(15)18-10-12/h3-7,10,16H,8-9H2,1-2H3. The number of anilines is 1. The maximum Gasteiger partial charge on any atom is 0.0701 e. The minimum Gasteiger partial charge on any atom is -0.378 e. The van der Waals surface area contributed by atoms with E-state index < -0.39 is 0 Å². The van der Waals surface area contributed by atoms with Crippen LogP contribution in [0.15, 0.2) is 39.5 Å². The first-order valence-corrected chi connectivity index (χ1v) is 7.52. The van der Waals surface area contributed by atoms with E-state index in [1.54, 1.807) is 11.3 Å². The van der Waals surface area contributed by atoms with Gasteiger partial charge in [0.2, 0.25) is 0 Å². The molecule has 18 heavy (non-hydrogen) atoms. The molecular formula is C14H17BrN2S. The second-order valence-corrected chi connectivity index (χ2v) is 6.71. The fraction of sp³-hybridized carbons (Fsp3) is 0.286. The van der Waals surface area contributed by atoms with Crippen molar-refractivity contribution in [3.63, 3.8) is 0 Å². The topological polar surface area (TPSA) is 15.3 Å². The molecule has 0 bridgehead atoms. The van der Waals surface area contributed by atoms with Crippen molar-refractivity contribution in [3.05, 3.63) is 50.6 Å². The molecule has 0 saturated carbocycles. The minimum absolute atomic E-state index is 0.904. The Morgan fingerprint density at radius 3 is 2.33 bits per heavy atom. The summed E-state index contributed by atoms with van der Waals surface area (Å²) in [6.45, 7) is 1.82. The molecule has 0 amide bonds. The molecule has 0 aliphatic heterocycles. The molecule has 0 atom stereocenters. The van der Waals surface area contributed by atoms with Crippen LogP contribution in [0.25, 0.3) is 0 Å². The number of hydrogen-bond donors (Lipinski definition) is 1. The van der Waals surface area contributed by atoms with Crippen molar-refractivity contribution < 1.29 is 0 Å². The Labute approximate surface area is 121 Å².